The number of hydrogen-bond donors (Lipinski definition) is 1. The molecule has 2 aromatic rings. The zero-order valence-corrected chi connectivity index (χ0v) is 13.6. The molecule has 0 unspecified atom stereocenters. The molecule has 22 heavy (non-hydrogen) atoms. The number of halogens is 2. The van der Waals surface area contributed by atoms with Crippen LogP contribution in [-0.2, 0) is 9.59 Å². The Morgan fingerprint density at radius 1 is 1.00 bits per heavy atom. The van der Waals surface area contributed by atoms with Gasteiger partial charge in [-0.3, -0.25) is 15.0 Å². The van der Waals surface area contributed by atoms with Crippen LogP contribution in [-0.4, -0.2) is 11.8 Å². The number of hydrazine groups is 1. The minimum absolute atomic E-state index is 0.0882. The largest absolute Gasteiger partial charge is 0.282 e. The van der Waals surface area contributed by atoms with Crippen molar-refractivity contribution in [2.45, 2.75) is 0 Å². The molecule has 1 heterocycles. The Balaban J connectivity index is 1.91. The predicted molar refractivity (Wildman–Crippen MR) is 89.2 cm³/mol. The Morgan fingerprint density at radius 3 is 2.27 bits per heavy atom. The zero-order valence-electron chi connectivity index (χ0n) is 11.2. The smallest absolute Gasteiger partial charge is 0.267 e. The van der Waals surface area contributed by atoms with E-state index in [9.17, 15) is 9.59 Å². The topological polar surface area (TPSA) is 49.4 Å². The number of hydrogen-bond acceptors (Lipinski definition) is 2. The van der Waals surface area contributed by atoms with Gasteiger partial charge in [-0.1, -0.05) is 39.7 Å². The molecular formula is C16H10BrClN2O2. The average molecular weight is 378 g/mol. The lowest BCUT2D eigenvalue weighted by Gasteiger charge is -2.14. The highest BCUT2D eigenvalue weighted by Crippen LogP contribution is 2.23. The van der Waals surface area contributed by atoms with Gasteiger partial charge in [0.1, 0.15) is 5.57 Å². The standard InChI is InChI=1S/C16H10BrClN2O2/c17-11-3-7-13(8-4-11)20-16(22)14(15(21)19-20)9-10-1-5-12(18)6-2-10/h1-9H,(H,19,21)/b14-9+. The van der Waals surface area contributed by atoms with Crippen LogP contribution in [0.4, 0.5) is 5.69 Å². The summed E-state index contributed by atoms with van der Waals surface area (Å²) >= 11 is 9.15. The van der Waals surface area contributed by atoms with Crippen LogP contribution in [0.5, 0.6) is 0 Å². The summed E-state index contributed by atoms with van der Waals surface area (Å²) in [7, 11) is 0. The Labute approximate surface area is 140 Å². The van der Waals surface area contributed by atoms with Gasteiger partial charge in [0.05, 0.1) is 5.69 Å². The Morgan fingerprint density at radius 2 is 1.64 bits per heavy atom. The van der Waals surface area contributed by atoms with Crippen LogP contribution in [0, 0.1) is 0 Å². The summed E-state index contributed by atoms with van der Waals surface area (Å²) < 4.78 is 0.895. The van der Waals surface area contributed by atoms with Crippen molar-refractivity contribution in [3.63, 3.8) is 0 Å². The van der Waals surface area contributed by atoms with Crippen molar-refractivity contribution in [3.05, 3.63) is 69.2 Å². The van der Waals surface area contributed by atoms with Gasteiger partial charge in [0, 0.05) is 9.50 Å². The van der Waals surface area contributed by atoms with Crippen LogP contribution < -0.4 is 10.4 Å². The second-order valence-corrected chi connectivity index (χ2v) is 6.02. The minimum atomic E-state index is -0.428. The van der Waals surface area contributed by atoms with E-state index in [0.29, 0.717) is 10.7 Å². The number of benzene rings is 2. The quantitative estimate of drug-likeness (QED) is 0.642. The van der Waals surface area contributed by atoms with Crippen molar-refractivity contribution in [1.82, 2.24) is 5.43 Å². The molecule has 1 saturated heterocycles. The van der Waals surface area contributed by atoms with E-state index >= 15 is 0 Å². The maximum atomic E-state index is 12.4. The number of anilines is 1. The third-order valence-electron chi connectivity index (χ3n) is 3.16. The molecule has 1 aliphatic heterocycles. The Hall–Kier alpha value is -2.11. The van der Waals surface area contributed by atoms with Crippen molar-refractivity contribution >= 4 is 51.1 Å². The van der Waals surface area contributed by atoms with E-state index in [1.165, 1.54) is 5.01 Å². The first-order chi connectivity index (χ1) is 10.5. The highest BCUT2D eigenvalue weighted by atomic mass is 79.9. The van der Waals surface area contributed by atoms with E-state index < -0.39 is 5.91 Å². The molecule has 0 spiro atoms. The first-order valence-corrected chi connectivity index (χ1v) is 7.60. The Kier molecular flexibility index (Phi) is 4.00. The van der Waals surface area contributed by atoms with Crippen molar-refractivity contribution in [3.8, 4) is 0 Å². The lowest BCUT2D eigenvalue weighted by atomic mass is 10.1. The minimum Gasteiger partial charge on any atom is -0.267 e. The molecule has 3 rings (SSSR count). The van der Waals surface area contributed by atoms with Crippen LogP contribution in [0.25, 0.3) is 6.08 Å². The maximum Gasteiger partial charge on any atom is 0.282 e. The van der Waals surface area contributed by atoms with Crippen LogP contribution in [0.15, 0.2) is 58.6 Å². The van der Waals surface area contributed by atoms with Gasteiger partial charge in [-0.2, -0.15) is 0 Å². The molecule has 1 fully saturated rings. The lowest BCUT2D eigenvalue weighted by Crippen LogP contribution is -2.35. The molecule has 1 N–H and O–H groups in total. The molecule has 2 amide bonds. The molecule has 0 atom stereocenters. The molecule has 6 heteroatoms. The maximum absolute atomic E-state index is 12.4. The van der Waals surface area contributed by atoms with Crippen molar-refractivity contribution in [2.24, 2.45) is 0 Å². The molecule has 2 aromatic carbocycles. The van der Waals surface area contributed by atoms with Crippen LogP contribution in [0.1, 0.15) is 5.56 Å². The second kappa shape index (κ2) is 5.94. The molecule has 0 bridgehead atoms. The van der Waals surface area contributed by atoms with Gasteiger partial charge in [-0.05, 0) is 48.0 Å². The van der Waals surface area contributed by atoms with E-state index in [1.807, 2.05) is 0 Å². The highest BCUT2D eigenvalue weighted by molar-refractivity contribution is 9.10. The summed E-state index contributed by atoms with van der Waals surface area (Å²) in [6, 6.07) is 14.0. The monoisotopic (exact) mass is 376 g/mol. The molecule has 0 aromatic heterocycles. The van der Waals surface area contributed by atoms with Gasteiger partial charge in [-0.25, -0.2) is 5.01 Å². The normalized spacial score (nSPS) is 16.3. The van der Waals surface area contributed by atoms with E-state index in [-0.39, 0.29) is 11.5 Å². The lowest BCUT2D eigenvalue weighted by molar-refractivity contribution is -0.117. The molecule has 110 valence electrons. The highest BCUT2D eigenvalue weighted by Gasteiger charge is 2.34. The summed E-state index contributed by atoms with van der Waals surface area (Å²) in [5.74, 6) is -0.815. The number of nitrogens with zero attached hydrogens (tertiary/aromatic N) is 1. The van der Waals surface area contributed by atoms with Gasteiger partial charge < -0.3 is 0 Å². The van der Waals surface area contributed by atoms with E-state index in [4.69, 9.17) is 11.6 Å². The van der Waals surface area contributed by atoms with E-state index in [2.05, 4.69) is 21.4 Å². The second-order valence-electron chi connectivity index (χ2n) is 4.67. The number of amides is 2. The summed E-state index contributed by atoms with van der Waals surface area (Å²) in [5.41, 5.74) is 3.98. The SMILES string of the molecule is O=C1NN(c2ccc(Br)cc2)C(=O)/C1=C/c1ccc(Cl)cc1. The van der Waals surface area contributed by atoms with Crippen LogP contribution >= 0.6 is 27.5 Å². The third-order valence-corrected chi connectivity index (χ3v) is 3.94. The van der Waals surface area contributed by atoms with Crippen LogP contribution in [0.2, 0.25) is 5.02 Å². The zero-order chi connectivity index (χ0) is 15.7. The summed E-state index contributed by atoms with van der Waals surface area (Å²) in [6.45, 7) is 0. The first-order valence-electron chi connectivity index (χ1n) is 6.43. The average Bonchev–Trinajstić information content (AvgIpc) is 2.78. The van der Waals surface area contributed by atoms with Gasteiger partial charge in [0.15, 0.2) is 0 Å². The predicted octanol–water partition coefficient (Wildman–Crippen LogP) is 3.56. The number of carbonyl (C=O) groups is 2. The van der Waals surface area contributed by atoms with E-state index in [0.717, 1.165) is 10.0 Å². The molecular weight excluding hydrogens is 368 g/mol. The molecule has 0 saturated carbocycles. The van der Waals surface area contributed by atoms with Crippen molar-refractivity contribution in [1.29, 1.82) is 0 Å². The summed E-state index contributed by atoms with van der Waals surface area (Å²) in [5, 5.41) is 1.83. The molecule has 0 radical (unpaired) electrons. The number of nitrogens with one attached hydrogen (secondary N) is 1. The van der Waals surface area contributed by atoms with Crippen LogP contribution in [0.3, 0.4) is 0 Å². The molecule has 0 aliphatic carbocycles. The van der Waals surface area contributed by atoms with Gasteiger partial charge in [0.2, 0.25) is 0 Å². The van der Waals surface area contributed by atoms with Gasteiger partial charge >= 0.3 is 0 Å². The van der Waals surface area contributed by atoms with Gasteiger partial charge in [0.25, 0.3) is 11.8 Å². The number of carbonyl (C=O) groups excluding carboxylic acids is 2. The Bertz CT molecular complexity index is 770. The molecule has 4 nitrogen and oxygen atoms in total. The molecule has 1 aliphatic rings. The first kappa shape index (κ1) is 14.8. The fourth-order valence-corrected chi connectivity index (χ4v) is 2.45. The van der Waals surface area contributed by atoms with Crippen molar-refractivity contribution in [2.75, 3.05) is 5.01 Å². The summed E-state index contributed by atoms with van der Waals surface area (Å²) in [4.78, 5) is 24.4. The third kappa shape index (κ3) is 2.91. The number of rotatable bonds is 2. The fraction of sp³-hybridized carbons (Fsp3) is 0. The van der Waals surface area contributed by atoms with Gasteiger partial charge in [-0.15, -0.1) is 0 Å². The van der Waals surface area contributed by atoms with E-state index in [1.54, 1.807) is 54.6 Å². The summed E-state index contributed by atoms with van der Waals surface area (Å²) in [6.07, 6.45) is 1.55. The van der Waals surface area contributed by atoms with Crippen molar-refractivity contribution < 1.29 is 9.59 Å². The fourth-order valence-electron chi connectivity index (χ4n) is 2.06.